The fourth-order valence-electron chi connectivity index (χ4n) is 2.52. The van der Waals surface area contributed by atoms with Gasteiger partial charge in [0.25, 0.3) is 5.91 Å². The van der Waals surface area contributed by atoms with Gasteiger partial charge in [-0.05, 0) is 35.4 Å². The van der Waals surface area contributed by atoms with Crippen molar-refractivity contribution < 1.29 is 27.5 Å². The van der Waals surface area contributed by atoms with E-state index in [0.717, 1.165) is 6.26 Å². The van der Waals surface area contributed by atoms with Gasteiger partial charge in [-0.15, -0.1) is 0 Å². The van der Waals surface area contributed by atoms with Crippen LogP contribution in [0.2, 0.25) is 0 Å². The lowest BCUT2D eigenvalue weighted by Crippen LogP contribution is -2.23. The molecule has 0 radical (unpaired) electrons. The first kappa shape index (κ1) is 20.4. The second-order valence-electron chi connectivity index (χ2n) is 5.98. The van der Waals surface area contributed by atoms with Crippen LogP contribution in [0.15, 0.2) is 42.5 Å². The Bertz CT molecular complexity index is 952. The summed E-state index contributed by atoms with van der Waals surface area (Å²) < 4.78 is 32.7. The van der Waals surface area contributed by atoms with Crippen molar-refractivity contribution >= 4 is 21.7 Å². The molecule has 8 heteroatoms. The van der Waals surface area contributed by atoms with Gasteiger partial charge < -0.3 is 14.8 Å². The predicted molar refractivity (Wildman–Crippen MR) is 100 cm³/mol. The van der Waals surface area contributed by atoms with E-state index in [2.05, 4.69) is 5.32 Å². The molecule has 0 aliphatic carbocycles. The smallest absolute Gasteiger partial charge is 0.341 e. The summed E-state index contributed by atoms with van der Waals surface area (Å²) >= 11 is 0. The Hall–Kier alpha value is -2.87. The van der Waals surface area contributed by atoms with Gasteiger partial charge in [-0.3, -0.25) is 4.79 Å². The molecular formula is C19H21NO6S. The Balaban J connectivity index is 2.12. The molecule has 0 spiro atoms. The average Bonchev–Trinajstić information content (AvgIpc) is 2.64. The minimum atomic E-state index is -3.18. The van der Waals surface area contributed by atoms with E-state index in [1.807, 2.05) is 0 Å². The van der Waals surface area contributed by atoms with Crippen molar-refractivity contribution in [2.75, 3.05) is 20.5 Å². The first-order valence-electron chi connectivity index (χ1n) is 8.03. The molecule has 0 heterocycles. The minimum Gasteiger partial charge on any atom is -0.496 e. The van der Waals surface area contributed by atoms with Crippen LogP contribution in [0.1, 0.15) is 31.8 Å². The maximum absolute atomic E-state index is 12.4. The standard InChI is InChI=1S/C19H21NO6S/c1-25-17-8-7-13(10-16(17)19(22)26-2)11-20-18(21)15-6-4-5-14(9-15)12-27(3,23)24/h4-10H,11-12H2,1-3H3,(H,20,21). The number of amides is 1. The van der Waals surface area contributed by atoms with E-state index >= 15 is 0 Å². The summed E-state index contributed by atoms with van der Waals surface area (Å²) in [5.74, 6) is -0.630. The van der Waals surface area contributed by atoms with E-state index in [4.69, 9.17) is 9.47 Å². The van der Waals surface area contributed by atoms with Gasteiger partial charge in [0.15, 0.2) is 9.84 Å². The van der Waals surface area contributed by atoms with Crippen molar-refractivity contribution in [3.8, 4) is 5.75 Å². The highest BCUT2D eigenvalue weighted by molar-refractivity contribution is 7.89. The summed E-state index contributed by atoms with van der Waals surface area (Å²) in [6.45, 7) is 0.184. The van der Waals surface area contributed by atoms with Crippen molar-refractivity contribution in [2.45, 2.75) is 12.3 Å². The zero-order chi connectivity index (χ0) is 20.0. The number of nitrogens with one attached hydrogen (secondary N) is 1. The molecule has 0 atom stereocenters. The Morgan fingerprint density at radius 3 is 2.41 bits per heavy atom. The lowest BCUT2D eigenvalue weighted by molar-refractivity contribution is 0.0597. The fraction of sp³-hybridized carbons (Fsp3) is 0.263. The number of methoxy groups -OCH3 is 2. The summed E-state index contributed by atoms with van der Waals surface area (Å²) in [5, 5.41) is 2.75. The molecule has 0 aromatic heterocycles. The van der Waals surface area contributed by atoms with Crippen molar-refractivity contribution in [1.82, 2.24) is 5.32 Å². The molecule has 0 saturated carbocycles. The SMILES string of the molecule is COC(=O)c1cc(CNC(=O)c2cccc(CS(C)(=O)=O)c2)ccc1OC. The maximum Gasteiger partial charge on any atom is 0.341 e. The number of benzene rings is 2. The number of hydrogen-bond donors (Lipinski definition) is 1. The molecule has 0 saturated heterocycles. The van der Waals surface area contributed by atoms with Gasteiger partial charge in [0.1, 0.15) is 11.3 Å². The fourth-order valence-corrected chi connectivity index (χ4v) is 3.31. The molecule has 0 aliphatic rings. The quantitative estimate of drug-likeness (QED) is 0.725. The molecule has 7 nitrogen and oxygen atoms in total. The summed E-state index contributed by atoms with van der Waals surface area (Å²) in [6, 6.07) is 11.4. The van der Waals surface area contributed by atoms with Crippen LogP contribution < -0.4 is 10.1 Å². The second-order valence-corrected chi connectivity index (χ2v) is 8.12. The molecule has 0 fully saturated rings. The first-order chi connectivity index (χ1) is 12.7. The molecule has 1 N–H and O–H groups in total. The van der Waals surface area contributed by atoms with Crippen LogP contribution in [0.5, 0.6) is 5.75 Å². The molecule has 144 valence electrons. The molecular weight excluding hydrogens is 370 g/mol. The third kappa shape index (κ3) is 5.82. The number of sulfone groups is 1. The van der Waals surface area contributed by atoms with Crippen molar-refractivity contribution in [3.63, 3.8) is 0 Å². The summed E-state index contributed by atoms with van der Waals surface area (Å²) in [4.78, 5) is 24.2. The molecule has 0 bridgehead atoms. The van der Waals surface area contributed by atoms with Crippen LogP contribution in [0, 0.1) is 0 Å². The molecule has 2 aromatic carbocycles. The Morgan fingerprint density at radius 1 is 1.04 bits per heavy atom. The van der Waals surface area contributed by atoms with E-state index in [1.165, 1.54) is 14.2 Å². The van der Waals surface area contributed by atoms with E-state index in [0.29, 0.717) is 22.4 Å². The van der Waals surface area contributed by atoms with Crippen molar-refractivity contribution in [3.05, 3.63) is 64.7 Å². The van der Waals surface area contributed by atoms with Gasteiger partial charge in [-0.2, -0.15) is 0 Å². The van der Waals surface area contributed by atoms with E-state index in [1.54, 1.807) is 42.5 Å². The van der Waals surface area contributed by atoms with Gasteiger partial charge in [0, 0.05) is 18.4 Å². The van der Waals surface area contributed by atoms with Crippen LogP contribution in [0.4, 0.5) is 0 Å². The topological polar surface area (TPSA) is 98.8 Å². The zero-order valence-electron chi connectivity index (χ0n) is 15.3. The predicted octanol–water partition coefficient (Wildman–Crippen LogP) is 1.96. The van der Waals surface area contributed by atoms with Crippen LogP contribution in [0.3, 0.4) is 0 Å². The van der Waals surface area contributed by atoms with E-state index in [9.17, 15) is 18.0 Å². The average molecular weight is 391 g/mol. The van der Waals surface area contributed by atoms with Gasteiger partial charge in [0.05, 0.1) is 20.0 Å². The normalized spacial score (nSPS) is 10.9. The van der Waals surface area contributed by atoms with Crippen LogP contribution in [-0.4, -0.2) is 40.8 Å². The Kier molecular flexibility index (Phi) is 6.57. The van der Waals surface area contributed by atoms with Gasteiger partial charge in [-0.25, -0.2) is 13.2 Å². The molecule has 0 aliphatic heterocycles. The van der Waals surface area contributed by atoms with Crippen LogP contribution in [-0.2, 0) is 26.9 Å². The van der Waals surface area contributed by atoms with Gasteiger partial charge >= 0.3 is 5.97 Å². The summed E-state index contributed by atoms with van der Waals surface area (Å²) in [6.07, 6.45) is 1.14. The number of carbonyl (C=O) groups excluding carboxylic acids is 2. The number of carbonyl (C=O) groups is 2. The largest absolute Gasteiger partial charge is 0.496 e. The Labute approximate surface area is 158 Å². The molecule has 0 unspecified atom stereocenters. The lowest BCUT2D eigenvalue weighted by Gasteiger charge is -2.10. The molecule has 2 aromatic rings. The van der Waals surface area contributed by atoms with E-state index < -0.39 is 15.8 Å². The highest BCUT2D eigenvalue weighted by Crippen LogP contribution is 2.21. The first-order valence-corrected chi connectivity index (χ1v) is 10.1. The second kappa shape index (κ2) is 8.68. The Morgan fingerprint density at radius 2 is 1.78 bits per heavy atom. The third-order valence-corrected chi connectivity index (χ3v) is 4.60. The number of hydrogen-bond acceptors (Lipinski definition) is 6. The van der Waals surface area contributed by atoms with Crippen molar-refractivity contribution in [2.24, 2.45) is 0 Å². The third-order valence-electron chi connectivity index (χ3n) is 3.74. The molecule has 27 heavy (non-hydrogen) atoms. The lowest BCUT2D eigenvalue weighted by atomic mass is 10.1. The molecule has 2 rings (SSSR count). The number of rotatable bonds is 7. The maximum atomic E-state index is 12.4. The van der Waals surface area contributed by atoms with Crippen LogP contribution in [0.25, 0.3) is 0 Å². The summed E-state index contributed by atoms with van der Waals surface area (Å²) in [7, 11) is -0.456. The van der Waals surface area contributed by atoms with Gasteiger partial charge in [-0.1, -0.05) is 18.2 Å². The monoisotopic (exact) mass is 391 g/mol. The number of esters is 1. The highest BCUT2D eigenvalue weighted by Gasteiger charge is 2.14. The highest BCUT2D eigenvalue weighted by atomic mass is 32.2. The number of ether oxygens (including phenoxy) is 2. The zero-order valence-corrected chi connectivity index (χ0v) is 16.1. The van der Waals surface area contributed by atoms with Crippen molar-refractivity contribution in [1.29, 1.82) is 0 Å². The molecule has 1 amide bonds. The minimum absolute atomic E-state index is 0.130. The summed E-state index contributed by atoms with van der Waals surface area (Å²) in [5.41, 5.74) is 1.86. The van der Waals surface area contributed by atoms with Crippen LogP contribution >= 0.6 is 0 Å². The van der Waals surface area contributed by atoms with E-state index in [-0.39, 0.29) is 23.8 Å². The van der Waals surface area contributed by atoms with Gasteiger partial charge in [0.2, 0.25) is 0 Å².